The van der Waals surface area contributed by atoms with E-state index in [0.717, 1.165) is 19.3 Å². The number of aliphatic hydroxyl groups excluding tert-OH is 3. The van der Waals surface area contributed by atoms with Gasteiger partial charge in [-0.25, -0.2) is 14.6 Å². The Morgan fingerprint density at radius 3 is 2.41 bits per heavy atom. The van der Waals surface area contributed by atoms with Crippen molar-refractivity contribution in [3.8, 4) is 0 Å². The zero-order valence-electron chi connectivity index (χ0n) is 18.3. The van der Waals surface area contributed by atoms with Gasteiger partial charge in [-0.05, 0) is 38.0 Å². The lowest BCUT2D eigenvalue weighted by molar-refractivity contribution is -0.579. The van der Waals surface area contributed by atoms with E-state index in [1.165, 1.54) is 0 Å². The van der Waals surface area contributed by atoms with Crippen LogP contribution in [0.1, 0.15) is 46.5 Å². The van der Waals surface area contributed by atoms with Crippen molar-refractivity contribution in [2.45, 2.75) is 101 Å². The minimum atomic E-state index is -1.79. The molecular weight excluding hydrogens is 428 g/mol. The van der Waals surface area contributed by atoms with Crippen molar-refractivity contribution < 1.29 is 53.9 Å². The maximum Gasteiger partial charge on any atom is 0.335 e. The molecule has 182 valence electrons. The average Bonchev–Trinajstić information content (AvgIpc) is 2.97. The van der Waals surface area contributed by atoms with Crippen molar-refractivity contribution in [1.29, 1.82) is 0 Å². The first-order valence-corrected chi connectivity index (χ1v) is 11.4. The van der Waals surface area contributed by atoms with Crippen LogP contribution in [0, 0.1) is 23.7 Å². The first-order chi connectivity index (χ1) is 15.1. The molecule has 11 heteroatoms. The molecule has 5 heterocycles. The minimum Gasteiger partial charge on any atom is -0.479 e. The van der Waals surface area contributed by atoms with Gasteiger partial charge in [0.15, 0.2) is 30.6 Å². The van der Waals surface area contributed by atoms with Gasteiger partial charge in [-0.1, -0.05) is 13.8 Å². The molecule has 1 aliphatic carbocycles. The summed E-state index contributed by atoms with van der Waals surface area (Å²) in [6.07, 6.45) is -6.80. The Kier molecular flexibility index (Phi) is 5.59. The van der Waals surface area contributed by atoms with E-state index in [1.54, 1.807) is 6.92 Å². The first kappa shape index (κ1) is 22.9. The van der Waals surface area contributed by atoms with Crippen molar-refractivity contribution in [3.05, 3.63) is 0 Å². The standard InChI is InChI=1S/C21H32O11/c1-8-4-5-11-9(2)17(28-18-14(24)12(22)13(23)15(27-18)16(25)26)29-19-21(11)10(8)6-7-20(3,30-19)31-32-21/h8-15,17-19,22-24H,4-7H2,1-3H3,(H,25,26)/t8-,9-,10+,11+,12+,13+,14-,15+,17?,18+,19-,20-,21-/m1/s1. The smallest absolute Gasteiger partial charge is 0.335 e. The Hall–Kier alpha value is -0.890. The number of hydrogen-bond donors (Lipinski definition) is 4. The summed E-state index contributed by atoms with van der Waals surface area (Å²) in [5.41, 5.74) is -0.793. The highest BCUT2D eigenvalue weighted by molar-refractivity contribution is 5.73. The van der Waals surface area contributed by atoms with Gasteiger partial charge < -0.3 is 39.4 Å². The molecule has 32 heavy (non-hydrogen) atoms. The van der Waals surface area contributed by atoms with E-state index in [-0.39, 0.29) is 17.8 Å². The number of carboxylic acids is 1. The third kappa shape index (κ3) is 3.25. The van der Waals surface area contributed by atoms with E-state index in [2.05, 4.69) is 6.92 Å². The summed E-state index contributed by atoms with van der Waals surface area (Å²) in [7, 11) is 0. The van der Waals surface area contributed by atoms with E-state index in [4.69, 9.17) is 28.7 Å². The number of fused-ring (bicyclic) bond motifs is 2. The molecule has 0 aromatic rings. The molecule has 1 spiro atoms. The van der Waals surface area contributed by atoms with Crippen molar-refractivity contribution in [2.75, 3.05) is 0 Å². The van der Waals surface area contributed by atoms with Gasteiger partial charge in [0.1, 0.15) is 18.3 Å². The average molecular weight is 460 g/mol. The van der Waals surface area contributed by atoms with Gasteiger partial charge in [-0.3, -0.25) is 0 Å². The Morgan fingerprint density at radius 2 is 1.69 bits per heavy atom. The van der Waals surface area contributed by atoms with Gasteiger partial charge >= 0.3 is 5.97 Å². The fraction of sp³-hybridized carbons (Fsp3) is 0.952. The Labute approximate surface area is 185 Å². The SMILES string of the molecule is C[C@@H]1CC[C@H]2[C@@H](C)C(O[C@@H]3O[C@H](C(=O)O)[C@@H](O)[C@H](O)[C@H]3O)O[C@@H]3O[C@@]4(C)CC[C@@H]1[C@]32OO4. The summed E-state index contributed by atoms with van der Waals surface area (Å²) in [6, 6.07) is 0. The molecule has 0 aromatic carbocycles. The third-order valence-corrected chi connectivity index (χ3v) is 8.18. The van der Waals surface area contributed by atoms with Crippen LogP contribution in [0.2, 0.25) is 0 Å². The summed E-state index contributed by atoms with van der Waals surface area (Å²) >= 11 is 0. The number of carbonyl (C=O) groups is 1. The zero-order chi connectivity index (χ0) is 23.0. The minimum absolute atomic E-state index is 0.0402. The van der Waals surface area contributed by atoms with Gasteiger partial charge in [-0.2, -0.15) is 0 Å². The molecule has 6 rings (SSSR count). The third-order valence-electron chi connectivity index (χ3n) is 8.18. The normalized spacial score (nSPS) is 57.5. The molecule has 2 bridgehead atoms. The summed E-state index contributed by atoms with van der Waals surface area (Å²) in [5.74, 6) is -2.14. The van der Waals surface area contributed by atoms with Gasteiger partial charge in [0.05, 0.1) is 0 Å². The molecule has 1 unspecified atom stereocenters. The molecule has 6 fully saturated rings. The predicted molar refractivity (Wildman–Crippen MR) is 102 cm³/mol. The highest BCUT2D eigenvalue weighted by Gasteiger charge is 2.69. The lowest BCUT2D eigenvalue weighted by Crippen LogP contribution is -2.71. The van der Waals surface area contributed by atoms with E-state index in [9.17, 15) is 25.2 Å². The second kappa shape index (κ2) is 7.82. The molecular formula is C21H32O11. The van der Waals surface area contributed by atoms with Gasteiger partial charge in [0.25, 0.3) is 0 Å². The lowest BCUT2D eigenvalue weighted by atomic mass is 9.58. The van der Waals surface area contributed by atoms with Crippen molar-refractivity contribution in [1.82, 2.24) is 0 Å². The van der Waals surface area contributed by atoms with Crippen LogP contribution in [-0.2, 0) is 33.5 Å². The van der Waals surface area contributed by atoms with E-state index in [0.29, 0.717) is 12.3 Å². The van der Waals surface area contributed by atoms with E-state index < -0.39 is 60.6 Å². The van der Waals surface area contributed by atoms with Crippen LogP contribution >= 0.6 is 0 Å². The van der Waals surface area contributed by atoms with Crippen molar-refractivity contribution in [3.63, 3.8) is 0 Å². The van der Waals surface area contributed by atoms with Crippen molar-refractivity contribution >= 4 is 5.97 Å². The number of ether oxygens (including phenoxy) is 4. The van der Waals surface area contributed by atoms with Crippen LogP contribution in [0.15, 0.2) is 0 Å². The first-order valence-electron chi connectivity index (χ1n) is 11.4. The van der Waals surface area contributed by atoms with Crippen LogP contribution in [0.3, 0.4) is 0 Å². The molecule has 1 saturated carbocycles. The molecule has 5 saturated heterocycles. The molecule has 4 N–H and O–H groups in total. The van der Waals surface area contributed by atoms with Crippen LogP contribution in [-0.4, -0.2) is 81.1 Å². The fourth-order valence-corrected chi connectivity index (χ4v) is 6.32. The lowest BCUT2D eigenvalue weighted by Gasteiger charge is -2.60. The predicted octanol–water partition coefficient (Wildman–Crippen LogP) is 0.103. The number of hydrogen-bond acceptors (Lipinski definition) is 10. The second-order valence-corrected chi connectivity index (χ2v) is 10.1. The highest BCUT2D eigenvalue weighted by atomic mass is 17.3. The summed E-state index contributed by atoms with van der Waals surface area (Å²) in [4.78, 5) is 23.2. The fourth-order valence-electron chi connectivity index (χ4n) is 6.32. The quantitative estimate of drug-likeness (QED) is 0.424. The summed E-state index contributed by atoms with van der Waals surface area (Å²) in [5, 5.41) is 39.7. The molecule has 5 aliphatic heterocycles. The molecule has 13 atom stereocenters. The second-order valence-electron chi connectivity index (χ2n) is 10.1. The number of carboxylic acid groups (broad SMARTS) is 1. The summed E-state index contributed by atoms with van der Waals surface area (Å²) in [6.45, 7) is 5.94. The Bertz CT molecular complexity index is 749. The molecule has 0 amide bonds. The number of aliphatic carboxylic acids is 1. The Balaban J connectivity index is 1.41. The van der Waals surface area contributed by atoms with Crippen LogP contribution in [0.5, 0.6) is 0 Å². The molecule has 6 aliphatic rings. The molecule has 0 aromatic heterocycles. The number of rotatable bonds is 3. The largest absolute Gasteiger partial charge is 0.479 e. The van der Waals surface area contributed by atoms with Crippen LogP contribution in [0.25, 0.3) is 0 Å². The monoisotopic (exact) mass is 460 g/mol. The Morgan fingerprint density at radius 1 is 0.938 bits per heavy atom. The maximum atomic E-state index is 11.4. The van der Waals surface area contributed by atoms with Crippen molar-refractivity contribution in [2.24, 2.45) is 23.7 Å². The van der Waals surface area contributed by atoms with Gasteiger partial charge in [-0.15, -0.1) is 0 Å². The molecule has 11 nitrogen and oxygen atoms in total. The maximum absolute atomic E-state index is 11.4. The van der Waals surface area contributed by atoms with E-state index >= 15 is 0 Å². The van der Waals surface area contributed by atoms with Crippen LogP contribution < -0.4 is 0 Å². The number of aliphatic hydroxyl groups is 3. The van der Waals surface area contributed by atoms with E-state index in [1.807, 2.05) is 6.92 Å². The van der Waals surface area contributed by atoms with Gasteiger partial charge in [0, 0.05) is 18.3 Å². The topological polar surface area (TPSA) is 153 Å². The molecule has 0 radical (unpaired) electrons. The summed E-state index contributed by atoms with van der Waals surface area (Å²) < 4.78 is 23.7. The highest BCUT2D eigenvalue weighted by Crippen LogP contribution is 2.60. The van der Waals surface area contributed by atoms with Crippen LogP contribution in [0.4, 0.5) is 0 Å². The zero-order valence-corrected chi connectivity index (χ0v) is 18.3. The van der Waals surface area contributed by atoms with Gasteiger partial charge in [0.2, 0.25) is 5.79 Å².